The molecule has 0 heterocycles. The second kappa shape index (κ2) is 7.77. The van der Waals surface area contributed by atoms with Crippen LogP contribution in [0.3, 0.4) is 0 Å². The molecule has 0 aliphatic rings. The van der Waals surface area contributed by atoms with Crippen LogP contribution in [0.2, 0.25) is 0 Å². The van der Waals surface area contributed by atoms with E-state index >= 15 is 0 Å². The molecular weight excluding hydrogens is 322 g/mol. The molecule has 0 fully saturated rings. The summed E-state index contributed by atoms with van der Waals surface area (Å²) in [6.45, 7) is 7.54. The molecule has 1 N–H and O–H groups in total. The van der Waals surface area contributed by atoms with Crippen LogP contribution in [0.25, 0.3) is 0 Å². The molecule has 1 atom stereocenters. The van der Waals surface area contributed by atoms with E-state index in [1.54, 1.807) is 0 Å². The quantitative estimate of drug-likeness (QED) is 0.790. The average molecular weight is 346 g/mol. The van der Waals surface area contributed by atoms with Gasteiger partial charge in [0, 0.05) is 10.5 Å². The first-order chi connectivity index (χ1) is 10.1. The maximum absolute atomic E-state index is 3.62. The van der Waals surface area contributed by atoms with Crippen LogP contribution < -0.4 is 5.32 Å². The maximum Gasteiger partial charge on any atom is 0.0178 e. The first kappa shape index (κ1) is 16.3. The highest BCUT2D eigenvalue weighted by Crippen LogP contribution is 2.16. The van der Waals surface area contributed by atoms with Crippen LogP contribution in [0.1, 0.15) is 29.2 Å². The fraction of sp³-hybridized carbons (Fsp3) is 0.368. The Hall–Kier alpha value is -1.12. The highest BCUT2D eigenvalue weighted by atomic mass is 79.9. The largest absolute Gasteiger partial charge is 0.314 e. The molecule has 0 aromatic heterocycles. The molecule has 2 aromatic rings. The number of benzene rings is 2. The lowest BCUT2D eigenvalue weighted by Gasteiger charge is -2.19. The van der Waals surface area contributed by atoms with Gasteiger partial charge in [0.05, 0.1) is 0 Å². The first-order valence-electron chi connectivity index (χ1n) is 7.62. The van der Waals surface area contributed by atoms with Gasteiger partial charge in [-0.2, -0.15) is 0 Å². The second-order valence-electron chi connectivity index (χ2n) is 5.71. The Kier molecular flexibility index (Phi) is 6.01. The summed E-state index contributed by atoms with van der Waals surface area (Å²) < 4.78 is 1.15. The van der Waals surface area contributed by atoms with Crippen molar-refractivity contribution in [2.75, 3.05) is 6.54 Å². The molecule has 0 spiro atoms. The smallest absolute Gasteiger partial charge is 0.0178 e. The van der Waals surface area contributed by atoms with Crippen LogP contribution in [0.4, 0.5) is 0 Å². The Balaban J connectivity index is 2.09. The van der Waals surface area contributed by atoms with E-state index < -0.39 is 0 Å². The molecule has 0 radical (unpaired) electrons. The number of likely N-dealkylation sites (N-methyl/N-ethyl adjacent to an activating group) is 1. The molecule has 2 rings (SSSR count). The Morgan fingerprint density at radius 2 is 1.67 bits per heavy atom. The first-order valence-corrected chi connectivity index (χ1v) is 8.41. The highest BCUT2D eigenvalue weighted by Gasteiger charge is 2.10. The summed E-state index contributed by atoms with van der Waals surface area (Å²) >= 11 is 3.55. The van der Waals surface area contributed by atoms with Crippen LogP contribution in [0.15, 0.2) is 46.9 Å². The Labute approximate surface area is 136 Å². The summed E-state index contributed by atoms with van der Waals surface area (Å²) in [5.41, 5.74) is 5.54. The predicted molar refractivity (Wildman–Crippen MR) is 94.9 cm³/mol. The van der Waals surface area contributed by atoms with Gasteiger partial charge in [0.25, 0.3) is 0 Å². The van der Waals surface area contributed by atoms with Gasteiger partial charge in [-0.3, -0.25) is 0 Å². The molecule has 2 aromatic carbocycles. The lowest BCUT2D eigenvalue weighted by atomic mass is 9.97. The van der Waals surface area contributed by atoms with Crippen LogP contribution in [0.5, 0.6) is 0 Å². The van der Waals surface area contributed by atoms with Crippen molar-refractivity contribution in [3.05, 3.63) is 69.2 Å². The number of nitrogens with one attached hydrogen (secondary N) is 1. The van der Waals surface area contributed by atoms with Crippen molar-refractivity contribution in [2.45, 2.75) is 39.7 Å². The fourth-order valence-corrected chi connectivity index (χ4v) is 3.12. The third-order valence-corrected chi connectivity index (χ3v) is 4.41. The molecule has 0 saturated carbocycles. The standard InChI is InChI=1S/C19H24BrN/c1-4-21-19(12-16-6-5-7-18(20)11-16)13-17-9-8-14(2)15(3)10-17/h5-11,19,21H,4,12-13H2,1-3H3. The summed E-state index contributed by atoms with van der Waals surface area (Å²) in [4.78, 5) is 0. The van der Waals surface area contributed by atoms with E-state index in [0.717, 1.165) is 23.9 Å². The fourth-order valence-electron chi connectivity index (χ4n) is 2.67. The maximum atomic E-state index is 3.62. The SMILES string of the molecule is CCNC(Cc1cccc(Br)c1)Cc1ccc(C)c(C)c1. The van der Waals surface area contributed by atoms with Crippen LogP contribution in [-0.4, -0.2) is 12.6 Å². The zero-order valence-corrected chi connectivity index (χ0v) is 14.7. The molecular formula is C19H24BrN. The molecule has 2 heteroatoms. The topological polar surface area (TPSA) is 12.0 Å². The molecule has 0 amide bonds. The normalized spacial score (nSPS) is 12.4. The Morgan fingerprint density at radius 3 is 2.29 bits per heavy atom. The van der Waals surface area contributed by atoms with E-state index in [1.807, 2.05) is 0 Å². The summed E-state index contributed by atoms with van der Waals surface area (Å²) in [7, 11) is 0. The minimum Gasteiger partial charge on any atom is -0.314 e. The molecule has 0 aliphatic heterocycles. The molecule has 0 aliphatic carbocycles. The summed E-state index contributed by atoms with van der Waals surface area (Å²) in [5, 5.41) is 3.62. The van der Waals surface area contributed by atoms with Crippen molar-refractivity contribution in [2.24, 2.45) is 0 Å². The number of hydrogen-bond donors (Lipinski definition) is 1. The van der Waals surface area contributed by atoms with Gasteiger partial charge in [-0.1, -0.05) is 53.2 Å². The van der Waals surface area contributed by atoms with Gasteiger partial charge in [0.15, 0.2) is 0 Å². The van der Waals surface area contributed by atoms with Crippen LogP contribution in [0, 0.1) is 13.8 Å². The molecule has 0 bridgehead atoms. The van der Waals surface area contributed by atoms with Gasteiger partial charge >= 0.3 is 0 Å². The molecule has 21 heavy (non-hydrogen) atoms. The van der Waals surface area contributed by atoms with Crippen molar-refractivity contribution in [3.8, 4) is 0 Å². The second-order valence-corrected chi connectivity index (χ2v) is 6.63. The monoisotopic (exact) mass is 345 g/mol. The van der Waals surface area contributed by atoms with E-state index in [4.69, 9.17) is 0 Å². The number of aryl methyl sites for hydroxylation is 2. The van der Waals surface area contributed by atoms with Gasteiger partial charge in [0.2, 0.25) is 0 Å². The van der Waals surface area contributed by atoms with Gasteiger partial charge in [-0.25, -0.2) is 0 Å². The van der Waals surface area contributed by atoms with Crippen molar-refractivity contribution < 1.29 is 0 Å². The average Bonchev–Trinajstić information content (AvgIpc) is 2.43. The van der Waals surface area contributed by atoms with Crippen LogP contribution in [-0.2, 0) is 12.8 Å². The highest BCUT2D eigenvalue weighted by molar-refractivity contribution is 9.10. The molecule has 1 nitrogen and oxygen atoms in total. The van der Waals surface area contributed by atoms with Gasteiger partial charge in [-0.05, 0) is 67.6 Å². The zero-order chi connectivity index (χ0) is 15.2. The van der Waals surface area contributed by atoms with Crippen LogP contribution >= 0.6 is 15.9 Å². The molecule has 1 unspecified atom stereocenters. The minimum absolute atomic E-state index is 0.478. The minimum atomic E-state index is 0.478. The number of hydrogen-bond acceptors (Lipinski definition) is 1. The Bertz CT molecular complexity index is 592. The molecule has 112 valence electrons. The lowest BCUT2D eigenvalue weighted by Crippen LogP contribution is -2.33. The number of rotatable bonds is 6. The third-order valence-electron chi connectivity index (χ3n) is 3.92. The predicted octanol–water partition coefficient (Wildman–Crippen LogP) is 4.83. The number of halogens is 1. The summed E-state index contributed by atoms with van der Waals surface area (Å²) in [6, 6.07) is 15.9. The van der Waals surface area contributed by atoms with E-state index in [2.05, 4.69) is 84.5 Å². The lowest BCUT2D eigenvalue weighted by molar-refractivity contribution is 0.521. The van der Waals surface area contributed by atoms with E-state index in [1.165, 1.54) is 22.3 Å². The van der Waals surface area contributed by atoms with Gasteiger partial charge in [0.1, 0.15) is 0 Å². The molecule has 0 saturated heterocycles. The van der Waals surface area contributed by atoms with E-state index in [-0.39, 0.29) is 0 Å². The van der Waals surface area contributed by atoms with E-state index in [0.29, 0.717) is 6.04 Å². The van der Waals surface area contributed by atoms with Crippen molar-refractivity contribution in [1.82, 2.24) is 5.32 Å². The van der Waals surface area contributed by atoms with Crippen molar-refractivity contribution in [3.63, 3.8) is 0 Å². The zero-order valence-electron chi connectivity index (χ0n) is 13.1. The van der Waals surface area contributed by atoms with E-state index in [9.17, 15) is 0 Å². The van der Waals surface area contributed by atoms with Gasteiger partial charge < -0.3 is 5.32 Å². The van der Waals surface area contributed by atoms with Gasteiger partial charge in [-0.15, -0.1) is 0 Å². The third kappa shape index (κ3) is 4.98. The summed E-state index contributed by atoms with van der Waals surface area (Å²) in [6.07, 6.45) is 2.13. The summed E-state index contributed by atoms with van der Waals surface area (Å²) in [5.74, 6) is 0. The van der Waals surface area contributed by atoms with Crippen molar-refractivity contribution >= 4 is 15.9 Å². The Morgan fingerprint density at radius 1 is 0.952 bits per heavy atom. The van der Waals surface area contributed by atoms with Crippen molar-refractivity contribution in [1.29, 1.82) is 0 Å².